The molecular formula is C18H23N4O4+. The molecule has 1 aliphatic rings. The van der Waals surface area contributed by atoms with E-state index in [2.05, 4.69) is 10.2 Å². The Balaban J connectivity index is 1.46. The van der Waals surface area contributed by atoms with Crippen LogP contribution in [0.2, 0.25) is 0 Å². The highest BCUT2D eigenvalue weighted by atomic mass is 16.6. The number of nitrogens with zero attached hydrogens (tertiary/aromatic N) is 2. The number of nitro groups is 1. The molecule has 0 radical (unpaired) electrons. The molecule has 8 heteroatoms. The van der Waals surface area contributed by atoms with Crippen LogP contribution >= 0.6 is 0 Å². The van der Waals surface area contributed by atoms with Gasteiger partial charge in [0.25, 0.3) is 11.6 Å². The molecule has 138 valence electrons. The first-order valence-electron chi connectivity index (χ1n) is 8.68. The predicted octanol–water partition coefficient (Wildman–Crippen LogP) is 0.770. The Morgan fingerprint density at radius 1 is 1.31 bits per heavy atom. The Labute approximate surface area is 151 Å². The number of quaternary nitrogens is 1. The summed E-state index contributed by atoms with van der Waals surface area (Å²) in [5, 5.41) is 13.7. The monoisotopic (exact) mass is 359 g/mol. The van der Waals surface area contributed by atoms with Gasteiger partial charge in [-0.25, -0.2) is 0 Å². The molecule has 1 fully saturated rings. The summed E-state index contributed by atoms with van der Waals surface area (Å²) >= 11 is 0. The van der Waals surface area contributed by atoms with Crippen LogP contribution in [0.25, 0.3) is 0 Å². The molecule has 1 atom stereocenters. The molecule has 3 rings (SSSR count). The molecule has 2 heterocycles. The zero-order valence-electron chi connectivity index (χ0n) is 14.7. The number of nitro benzene ring substituents is 1. The summed E-state index contributed by atoms with van der Waals surface area (Å²) in [4.78, 5) is 26.0. The largest absolute Gasteiger partial charge is 0.467 e. The second kappa shape index (κ2) is 8.01. The highest BCUT2D eigenvalue weighted by Crippen LogP contribution is 2.19. The highest BCUT2D eigenvalue weighted by Gasteiger charge is 2.23. The minimum Gasteiger partial charge on any atom is -0.467 e. The maximum atomic E-state index is 12.2. The number of furan rings is 1. The first kappa shape index (κ1) is 17.9. The van der Waals surface area contributed by atoms with E-state index in [9.17, 15) is 14.9 Å². The average Bonchev–Trinajstić information content (AvgIpc) is 3.17. The van der Waals surface area contributed by atoms with Crippen LogP contribution in [0, 0.1) is 10.1 Å². The number of amides is 1. The van der Waals surface area contributed by atoms with E-state index >= 15 is 0 Å². The van der Waals surface area contributed by atoms with Crippen molar-refractivity contribution in [2.24, 2.45) is 0 Å². The van der Waals surface area contributed by atoms with Gasteiger partial charge in [0.2, 0.25) is 0 Å². The molecule has 1 aromatic carbocycles. The third kappa shape index (κ3) is 4.40. The van der Waals surface area contributed by atoms with Crippen LogP contribution in [0.1, 0.15) is 18.7 Å². The van der Waals surface area contributed by atoms with E-state index in [0.29, 0.717) is 6.54 Å². The number of hydrogen-bond donors (Lipinski definition) is 2. The number of rotatable bonds is 6. The van der Waals surface area contributed by atoms with Gasteiger partial charge in [-0.2, -0.15) is 0 Å². The SMILES string of the molecule is C[C@H](NC(=O)C[NH+]1CCN(c2ccc([N+](=O)[O-])cc2)CC1)c1ccco1. The molecule has 1 saturated heterocycles. The zero-order valence-corrected chi connectivity index (χ0v) is 14.7. The van der Waals surface area contributed by atoms with Gasteiger partial charge in [-0.15, -0.1) is 0 Å². The molecule has 1 aliphatic heterocycles. The second-order valence-electron chi connectivity index (χ2n) is 6.49. The van der Waals surface area contributed by atoms with Gasteiger partial charge in [0.05, 0.1) is 43.4 Å². The van der Waals surface area contributed by atoms with Crippen LogP contribution in [-0.2, 0) is 4.79 Å². The molecule has 26 heavy (non-hydrogen) atoms. The average molecular weight is 359 g/mol. The van der Waals surface area contributed by atoms with Crippen LogP contribution < -0.4 is 15.1 Å². The van der Waals surface area contributed by atoms with Gasteiger partial charge in [-0.3, -0.25) is 14.9 Å². The lowest BCUT2D eigenvalue weighted by Gasteiger charge is -2.33. The summed E-state index contributed by atoms with van der Waals surface area (Å²) in [6.45, 7) is 5.65. The first-order chi connectivity index (χ1) is 12.5. The van der Waals surface area contributed by atoms with Crippen molar-refractivity contribution >= 4 is 17.3 Å². The number of piperazine rings is 1. The number of non-ortho nitro benzene ring substituents is 1. The summed E-state index contributed by atoms with van der Waals surface area (Å²) in [5.74, 6) is 0.754. The van der Waals surface area contributed by atoms with Crippen LogP contribution in [0.15, 0.2) is 47.1 Å². The van der Waals surface area contributed by atoms with E-state index in [4.69, 9.17) is 4.42 Å². The van der Waals surface area contributed by atoms with E-state index in [1.165, 1.54) is 17.0 Å². The molecule has 0 aliphatic carbocycles. The van der Waals surface area contributed by atoms with Crippen molar-refractivity contribution in [2.45, 2.75) is 13.0 Å². The lowest BCUT2D eigenvalue weighted by molar-refractivity contribution is -0.892. The molecule has 0 unspecified atom stereocenters. The van der Waals surface area contributed by atoms with Crippen molar-refractivity contribution in [1.29, 1.82) is 0 Å². The van der Waals surface area contributed by atoms with Crippen LogP contribution in [-0.4, -0.2) is 43.6 Å². The Morgan fingerprint density at radius 3 is 2.58 bits per heavy atom. The smallest absolute Gasteiger partial charge is 0.275 e. The first-order valence-corrected chi connectivity index (χ1v) is 8.68. The molecule has 1 amide bonds. The topological polar surface area (TPSA) is 93.1 Å². The summed E-state index contributed by atoms with van der Waals surface area (Å²) in [7, 11) is 0. The summed E-state index contributed by atoms with van der Waals surface area (Å²) in [5.41, 5.74) is 1.07. The molecule has 0 spiro atoms. The molecule has 8 nitrogen and oxygen atoms in total. The molecule has 2 aromatic rings. The van der Waals surface area contributed by atoms with Gasteiger partial charge in [-0.1, -0.05) is 0 Å². The number of hydrogen-bond acceptors (Lipinski definition) is 5. The third-order valence-corrected chi connectivity index (χ3v) is 4.65. The fourth-order valence-corrected chi connectivity index (χ4v) is 3.17. The van der Waals surface area contributed by atoms with Gasteiger partial charge in [0.15, 0.2) is 6.54 Å². The van der Waals surface area contributed by atoms with E-state index < -0.39 is 4.92 Å². The lowest BCUT2D eigenvalue weighted by atomic mass is 10.2. The predicted molar refractivity (Wildman–Crippen MR) is 96.1 cm³/mol. The van der Waals surface area contributed by atoms with Gasteiger partial charge >= 0.3 is 0 Å². The summed E-state index contributed by atoms with van der Waals surface area (Å²) < 4.78 is 5.30. The van der Waals surface area contributed by atoms with Gasteiger partial charge in [-0.05, 0) is 31.2 Å². The number of benzene rings is 1. The van der Waals surface area contributed by atoms with E-state index in [1.54, 1.807) is 24.5 Å². The molecule has 0 saturated carbocycles. The Kier molecular flexibility index (Phi) is 5.52. The minimum absolute atomic E-state index is 0.00712. The fourth-order valence-electron chi connectivity index (χ4n) is 3.17. The Morgan fingerprint density at radius 2 is 2.00 bits per heavy atom. The van der Waals surface area contributed by atoms with Crippen LogP contribution in [0.5, 0.6) is 0 Å². The zero-order chi connectivity index (χ0) is 18.5. The van der Waals surface area contributed by atoms with E-state index in [-0.39, 0.29) is 17.6 Å². The van der Waals surface area contributed by atoms with Crippen molar-refractivity contribution in [3.05, 3.63) is 58.5 Å². The molecule has 1 aromatic heterocycles. The minimum atomic E-state index is -0.395. The second-order valence-corrected chi connectivity index (χ2v) is 6.49. The van der Waals surface area contributed by atoms with Crippen LogP contribution in [0.3, 0.4) is 0 Å². The van der Waals surface area contributed by atoms with Gasteiger partial charge < -0.3 is 19.5 Å². The van der Waals surface area contributed by atoms with Crippen LogP contribution in [0.4, 0.5) is 11.4 Å². The normalized spacial score (nSPS) is 16.3. The maximum absolute atomic E-state index is 12.2. The molecule has 2 N–H and O–H groups in total. The molecule has 0 bridgehead atoms. The quantitative estimate of drug-likeness (QED) is 0.587. The highest BCUT2D eigenvalue weighted by molar-refractivity contribution is 5.77. The summed E-state index contributed by atoms with van der Waals surface area (Å²) in [6.07, 6.45) is 1.60. The fraction of sp³-hybridized carbons (Fsp3) is 0.389. The number of carbonyl (C=O) groups is 1. The van der Waals surface area contributed by atoms with Gasteiger partial charge in [0.1, 0.15) is 5.76 Å². The van der Waals surface area contributed by atoms with Crippen molar-refractivity contribution in [2.75, 3.05) is 37.6 Å². The number of anilines is 1. The Bertz CT molecular complexity index is 737. The van der Waals surface area contributed by atoms with Gasteiger partial charge in [0, 0.05) is 17.8 Å². The van der Waals surface area contributed by atoms with Crippen molar-refractivity contribution < 1.29 is 19.0 Å². The van der Waals surface area contributed by atoms with Crippen molar-refractivity contribution in [3.63, 3.8) is 0 Å². The van der Waals surface area contributed by atoms with E-state index in [1.807, 2.05) is 13.0 Å². The third-order valence-electron chi connectivity index (χ3n) is 4.65. The van der Waals surface area contributed by atoms with Crippen molar-refractivity contribution in [1.82, 2.24) is 5.32 Å². The lowest BCUT2D eigenvalue weighted by Crippen LogP contribution is -3.15. The van der Waals surface area contributed by atoms with Crippen molar-refractivity contribution in [3.8, 4) is 0 Å². The Hall–Kier alpha value is -2.87. The van der Waals surface area contributed by atoms with E-state index in [0.717, 1.165) is 37.6 Å². The standard InChI is InChI=1S/C18H22N4O4/c1-14(17-3-2-12-26-17)19-18(23)13-20-8-10-21(11-9-20)15-4-6-16(7-5-15)22(24)25/h2-7,12,14H,8-11,13H2,1H3,(H,19,23)/p+1/t14-/m0/s1. The number of nitrogens with one attached hydrogen (secondary N) is 2. The number of carbonyl (C=O) groups excluding carboxylic acids is 1. The molecular weight excluding hydrogens is 336 g/mol. The summed E-state index contributed by atoms with van der Waals surface area (Å²) in [6, 6.07) is 10.1. The maximum Gasteiger partial charge on any atom is 0.275 e.